The lowest BCUT2D eigenvalue weighted by molar-refractivity contribution is 0.103. The van der Waals surface area contributed by atoms with Crippen molar-refractivity contribution in [2.45, 2.75) is 6.92 Å². The summed E-state index contributed by atoms with van der Waals surface area (Å²) in [5, 5.41) is 3.14. The molecule has 4 nitrogen and oxygen atoms in total. The molecule has 0 fully saturated rings. The minimum atomic E-state index is -0.232. The summed E-state index contributed by atoms with van der Waals surface area (Å²) in [4.78, 5) is 17.3. The van der Waals surface area contributed by atoms with E-state index in [0.717, 1.165) is 4.88 Å². The summed E-state index contributed by atoms with van der Waals surface area (Å²) in [6.45, 7) is 1.87. The second-order valence-electron chi connectivity index (χ2n) is 3.43. The Bertz CT molecular complexity index is 548. The molecule has 2 rings (SSSR count). The average Bonchev–Trinajstić information content (AvgIpc) is 2.63. The van der Waals surface area contributed by atoms with Crippen LogP contribution in [-0.4, -0.2) is 10.9 Å². The third-order valence-corrected chi connectivity index (χ3v) is 3.59. The topological polar surface area (TPSA) is 68.0 Å². The normalized spacial score (nSPS) is 10.2. The van der Waals surface area contributed by atoms with E-state index in [0.29, 0.717) is 21.3 Å². The van der Waals surface area contributed by atoms with Crippen LogP contribution in [0, 0.1) is 6.92 Å². The number of nitrogens with two attached hydrogens (primary N) is 1. The van der Waals surface area contributed by atoms with E-state index in [9.17, 15) is 4.79 Å². The number of nitrogens with zero attached hydrogens (tertiary/aromatic N) is 1. The summed E-state index contributed by atoms with van der Waals surface area (Å²) in [5.74, 6) is -0.232. The van der Waals surface area contributed by atoms with Crippen LogP contribution in [0.1, 0.15) is 14.5 Å². The maximum atomic E-state index is 11.9. The monoisotopic (exact) mass is 267 g/mol. The molecule has 0 atom stereocenters. The van der Waals surface area contributed by atoms with E-state index in [1.807, 2.05) is 6.92 Å². The molecular weight excluding hydrogens is 258 g/mol. The molecule has 0 bridgehead atoms. The maximum absolute atomic E-state index is 11.9. The van der Waals surface area contributed by atoms with Crippen molar-refractivity contribution in [3.8, 4) is 0 Å². The Morgan fingerprint density at radius 2 is 2.35 bits per heavy atom. The highest BCUT2D eigenvalue weighted by Crippen LogP contribution is 2.25. The van der Waals surface area contributed by atoms with Gasteiger partial charge in [-0.15, -0.1) is 11.3 Å². The van der Waals surface area contributed by atoms with Crippen LogP contribution >= 0.6 is 22.9 Å². The first kappa shape index (κ1) is 11.9. The van der Waals surface area contributed by atoms with E-state index in [2.05, 4.69) is 10.3 Å². The Morgan fingerprint density at radius 1 is 1.59 bits per heavy atom. The lowest BCUT2D eigenvalue weighted by Crippen LogP contribution is -2.10. The molecule has 0 spiro atoms. The van der Waals surface area contributed by atoms with E-state index in [-0.39, 0.29) is 5.91 Å². The third-order valence-electron chi connectivity index (χ3n) is 2.20. The molecule has 0 aliphatic heterocycles. The maximum Gasteiger partial charge on any atom is 0.265 e. The summed E-state index contributed by atoms with van der Waals surface area (Å²) in [6, 6.07) is 3.27. The second-order valence-corrected chi connectivity index (χ2v) is 5.10. The molecule has 0 saturated heterocycles. The van der Waals surface area contributed by atoms with Crippen molar-refractivity contribution in [2.24, 2.45) is 0 Å². The van der Waals surface area contributed by atoms with E-state index >= 15 is 0 Å². The first-order valence-electron chi connectivity index (χ1n) is 4.84. The first-order chi connectivity index (χ1) is 8.08. The molecule has 2 aromatic heterocycles. The van der Waals surface area contributed by atoms with Gasteiger partial charge < -0.3 is 11.1 Å². The SMILES string of the molecule is Cc1sc(C(=O)Nc2cnccc2Cl)cc1N. The highest BCUT2D eigenvalue weighted by Gasteiger charge is 2.12. The van der Waals surface area contributed by atoms with E-state index in [4.69, 9.17) is 17.3 Å². The molecule has 0 aliphatic rings. The quantitative estimate of drug-likeness (QED) is 0.879. The number of pyridine rings is 1. The highest BCUT2D eigenvalue weighted by molar-refractivity contribution is 7.14. The van der Waals surface area contributed by atoms with Crippen molar-refractivity contribution in [1.29, 1.82) is 0 Å². The minimum Gasteiger partial charge on any atom is -0.398 e. The van der Waals surface area contributed by atoms with E-state index in [1.165, 1.54) is 17.5 Å². The Kier molecular flexibility index (Phi) is 3.31. The molecular formula is C11H10ClN3OS. The van der Waals surface area contributed by atoms with E-state index in [1.54, 1.807) is 18.3 Å². The average molecular weight is 268 g/mol. The van der Waals surface area contributed by atoms with Crippen molar-refractivity contribution >= 4 is 40.2 Å². The van der Waals surface area contributed by atoms with Gasteiger partial charge in [0.2, 0.25) is 0 Å². The standard InChI is InChI=1S/C11H10ClN3OS/c1-6-8(13)4-10(17-6)11(16)15-9-5-14-3-2-7(9)12/h2-5H,13H2,1H3,(H,15,16). The number of aryl methyl sites for hydroxylation is 1. The lowest BCUT2D eigenvalue weighted by Gasteiger charge is -2.04. The number of thiophene rings is 1. The molecule has 0 radical (unpaired) electrons. The number of carbonyl (C=O) groups is 1. The predicted molar refractivity (Wildman–Crippen MR) is 70.7 cm³/mol. The molecule has 0 aromatic carbocycles. The second kappa shape index (κ2) is 4.73. The number of nitrogen functional groups attached to an aromatic ring is 1. The number of hydrogen-bond donors (Lipinski definition) is 2. The number of amides is 1. The predicted octanol–water partition coefficient (Wildman–Crippen LogP) is 2.94. The van der Waals surface area contributed by atoms with Gasteiger partial charge in [-0.25, -0.2) is 0 Å². The van der Waals surface area contributed by atoms with E-state index < -0.39 is 0 Å². The van der Waals surface area contributed by atoms with Gasteiger partial charge in [0.25, 0.3) is 5.91 Å². The molecule has 17 heavy (non-hydrogen) atoms. The zero-order chi connectivity index (χ0) is 12.4. The van der Waals surface area contributed by atoms with Crippen molar-refractivity contribution in [3.05, 3.63) is 39.3 Å². The van der Waals surface area contributed by atoms with Crippen LogP contribution in [0.4, 0.5) is 11.4 Å². The van der Waals surface area contributed by atoms with Crippen LogP contribution in [0.3, 0.4) is 0 Å². The lowest BCUT2D eigenvalue weighted by atomic mass is 10.3. The Balaban J connectivity index is 2.20. The summed E-state index contributed by atoms with van der Waals surface area (Å²) < 4.78 is 0. The van der Waals surface area contributed by atoms with Crippen LogP contribution in [0.5, 0.6) is 0 Å². The summed E-state index contributed by atoms with van der Waals surface area (Å²) >= 11 is 7.26. The van der Waals surface area contributed by atoms with Crippen LogP contribution in [-0.2, 0) is 0 Å². The number of hydrogen-bond acceptors (Lipinski definition) is 4. The Hall–Kier alpha value is -1.59. The molecule has 0 saturated carbocycles. The number of nitrogens with one attached hydrogen (secondary N) is 1. The van der Waals surface area contributed by atoms with Gasteiger partial charge in [0.1, 0.15) is 0 Å². The highest BCUT2D eigenvalue weighted by atomic mass is 35.5. The summed E-state index contributed by atoms with van der Waals surface area (Å²) in [6.07, 6.45) is 3.06. The molecule has 88 valence electrons. The van der Waals surface area contributed by atoms with Gasteiger partial charge >= 0.3 is 0 Å². The largest absolute Gasteiger partial charge is 0.398 e. The fraction of sp³-hybridized carbons (Fsp3) is 0.0909. The number of halogens is 1. The molecule has 1 amide bonds. The van der Waals surface area contributed by atoms with Gasteiger partial charge in [-0.1, -0.05) is 11.6 Å². The van der Waals surface area contributed by atoms with Crippen LogP contribution < -0.4 is 11.1 Å². The van der Waals surface area contributed by atoms with Gasteiger partial charge in [0.15, 0.2) is 0 Å². The zero-order valence-corrected chi connectivity index (χ0v) is 10.6. The number of anilines is 2. The fourth-order valence-electron chi connectivity index (χ4n) is 1.26. The van der Waals surface area contributed by atoms with Crippen molar-refractivity contribution in [2.75, 3.05) is 11.1 Å². The smallest absolute Gasteiger partial charge is 0.265 e. The molecule has 2 aromatic rings. The van der Waals surface area contributed by atoms with Crippen molar-refractivity contribution < 1.29 is 4.79 Å². The summed E-state index contributed by atoms with van der Waals surface area (Å²) in [5.41, 5.74) is 6.81. The Morgan fingerprint density at radius 3 is 2.94 bits per heavy atom. The number of aromatic nitrogens is 1. The van der Waals surface area contributed by atoms with Gasteiger partial charge in [-0.2, -0.15) is 0 Å². The molecule has 3 N–H and O–H groups in total. The van der Waals surface area contributed by atoms with Crippen LogP contribution in [0.15, 0.2) is 24.5 Å². The van der Waals surface area contributed by atoms with Crippen LogP contribution in [0.2, 0.25) is 5.02 Å². The van der Waals surface area contributed by atoms with Gasteiger partial charge in [0.05, 0.1) is 21.8 Å². The van der Waals surface area contributed by atoms with Gasteiger partial charge in [-0.05, 0) is 19.1 Å². The summed E-state index contributed by atoms with van der Waals surface area (Å²) in [7, 11) is 0. The number of rotatable bonds is 2. The fourth-order valence-corrected chi connectivity index (χ4v) is 2.25. The van der Waals surface area contributed by atoms with Gasteiger partial charge in [-0.3, -0.25) is 9.78 Å². The number of carbonyl (C=O) groups excluding carboxylic acids is 1. The van der Waals surface area contributed by atoms with Gasteiger partial charge in [0, 0.05) is 16.8 Å². The van der Waals surface area contributed by atoms with Crippen molar-refractivity contribution in [3.63, 3.8) is 0 Å². The van der Waals surface area contributed by atoms with Crippen molar-refractivity contribution in [1.82, 2.24) is 4.98 Å². The van der Waals surface area contributed by atoms with Crippen LogP contribution in [0.25, 0.3) is 0 Å². The zero-order valence-electron chi connectivity index (χ0n) is 9.03. The molecule has 0 aliphatic carbocycles. The molecule has 2 heterocycles. The Labute approximate surface area is 107 Å². The molecule has 6 heteroatoms. The minimum absolute atomic E-state index is 0.232. The first-order valence-corrected chi connectivity index (χ1v) is 6.04. The molecule has 0 unspecified atom stereocenters. The third kappa shape index (κ3) is 2.57.